The zero-order valence-corrected chi connectivity index (χ0v) is 10.5. The van der Waals surface area contributed by atoms with E-state index in [0.29, 0.717) is 12.0 Å². The fourth-order valence-electron chi connectivity index (χ4n) is 2.74. The van der Waals surface area contributed by atoms with E-state index in [-0.39, 0.29) is 0 Å². The summed E-state index contributed by atoms with van der Waals surface area (Å²) >= 11 is 0. The van der Waals surface area contributed by atoms with Crippen molar-refractivity contribution in [2.45, 2.75) is 50.7 Å². The predicted octanol–water partition coefficient (Wildman–Crippen LogP) is 2.83. The van der Waals surface area contributed by atoms with Crippen LogP contribution in [0.15, 0.2) is 24.3 Å². The van der Waals surface area contributed by atoms with Crippen LogP contribution in [-0.4, -0.2) is 18.9 Å². The molecule has 0 spiro atoms. The third-order valence-electron chi connectivity index (χ3n) is 4.05. The number of ether oxygens (including phenoxy) is 1. The second-order valence-electron chi connectivity index (χ2n) is 5.35. The van der Waals surface area contributed by atoms with Crippen LogP contribution in [0.4, 0.5) is 0 Å². The zero-order chi connectivity index (χ0) is 11.7. The van der Waals surface area contributed by atoms with Gasteiger partial charge in [-0.15, -0.1) is 0 Å². The van der Waals surface area contributed by atoms with E-state index in [4.69, 9.17) is 4.74 Å². The molecule has 17 heavy (non-hydrogen) atoms. The molecule has 0 amide bonds. The summed E-state index contributed by atoms with van der Waals surface area (Å²) in [7, 11) is 0. The fraction of sp³-hybridized carbons (Fsp3) is 0.600. The summed E-state index contributed by atoms with van der Waals surface area (Å²) in [6.07, 6.45) is 5.36. The van der Waals surface area contributed by atoms with E-state index in [1.54, 1.807) is 0 Å². The Morgan fingerprint density at radius 1 is 1.24 bits per heavy atom. The first kappa shape index (κ1) is 11.2. The minimum Gasteiger partial charge on any atom is -0.362 e. The molecule has 1 fully saturated rings. The van der Waals surface area contributed by atoms with Gasteiger partial charge < -0.3 is 4.74 Å². The first-order valence-corrected chi connectivity index (χ1v) is 6.77. The monoisotopic (exact) mass is 231 g/mol. The van der Waals surface area contributed by atoms with Crippen LogP contribution in [0.1, 0.15) is 43.2 Å². The number of hydrogen-bond donors (Lipinski definition) is 1. The van der Waals surface area contributed by atoms with Gasteiger partial charge in [0.1, 0.15) is 0 Å². The Labute approximate surface area is 103 Å². The molecule has 0 aromatic heterocycles. The van der Waals surface area contributed by atoms with E-state index in [1.807, 2.05) is 0 Å². The highest BCUT2D eigenvalue weighted by atomic mass is 16.5. The molecule has 1 saturated carbocycles. The second-order valence-corrected chi connectivity index (χ2v) is 5.35. The maximum atomic E-state index is 5.99. The molecule has 0 saturated heterocycles. The molecule has 3 rings (SSSR count). The van der Waals surface area contributed by atoms with Gasteiger partial charge in [-0.3, -0.25) is 5.32 Å². The van der Waals surface area contributed by atoms with Crippen molar-refractivity contribution in [1.82, 2.24) is 5.32 Å². The van der Waals surface area contributed by atoms with Crippen LogP contribution in [-0.2, 0) is 11.2 Å². The normalized spacial score (nSPS) is 27.8. The average Bonchev–Trinajstić information content (AvgIpc) is 3.17. The molecule has 1 aromatic carbocycles. The quantitative estimate of drug-likeness (QED) is 0.805. The number of aryl methyl sites for hydroxylation is 1. The molecule has 1 N–H and O–H groups in total. The molecular weight excluding hydrogens is 210 g/mol. The highest BCUT2D eigenvalue weighted by molar-refractivity contribution is 5.33. The molecular formula is C15H21NO. The van der Waals surface area contributed by atoms with E-state index in [2.05, 4.69) is 36.5 Å². The Hall–Kier alpha value is -0.860. The van der Waals surface area contributed by atoms with Crippen LogP contribution in [0, 0.1) is 0 Å². The van der Waals surface area contributed by atoms with Crippen LogP contribution in [0.5, 0.6) is 0 Å². The highest BCUT2D eigenvalue weighted by Crippen LogP contribution is 2.33. The van der Waals surface area contributed by atoms with Crippen LogP contribution in [0.2, 0.25) is 0 Å². The Morgan fingerprint density at radius 3 is 2.88 bits per heavy atom. The number of benzene rings is 1. The first-order valence-electron chi connectivity index (χ1n) is 6.77. The molecule has 0 aliphatic heterocycles. The van der Waals surface area contributed by atoms with Crippen molar-refractivity contribution < 1.29 is 4.74 Å². The van der Waals surface area contributed by atoms with Gasteiger partial charge in [-0.05, 0) is 36.8 Å². The van der Waals surface area contributed by atoms with Crippen molar-refractivity contribution in [3.63, 3.8) is 0 Å². The van der Waals surface area contributed by atoms with Gasteiger partial charge >= 0.3 is 0 Å². The van der Waals surface area contributed by atoms with E-state index >= 15 is 0 Å². The van der Waals surface area contributed by atoms with Crippen molar-refractivity contribution in [3.8, 4) is 0 Å². The molecule has 2 heteroatoms. The first-order chi connectivity index (χ1) is 8.34. The lowest BCUT2D eigenvalue weighted by Gasteiger charge is -2.31. The lowest BCUT2D eigenvalue weighted by Crippen LogP contribution is -2.31. The van der Waals surface area contributed by atoms with Crippen LogP contribution >= 0.6 is 0 Å². The standard InChI is InChI=1S/C15H21NO/c1-11-14-5-3-2-4-12(14)6-9-15(11)17-10-16-13-7-8-13/h2-5,11,13,15-16H,6-10H2,1H3. The largest absolute Gasteiger partial charge is 0.362 e. The number of hydrogen-bond acceptors (Lipinski definition) is 2. The number of rotatable bonds is 4. The SMILES string of the molecule is CC1c2ccccc2CCC1OCNC1CC1. The fourth-order valence-corrected chi connectivity index (χ4v) is 2.74. The van der Waals surface area contributed by atoms with Gasteiger partial charge in [0, 0.05) is 12.0 Å². The van der Waals surface area contributed by atoms with E-state index < -0.39 is 0 Å². The summed E-state index contributed by atoms with van der Waals surface area (Å²) in [5.41, 5.74) is 2.99. The van der Waals surface area contributed by atoms with Crippen molar-refractivity contribution in [2.24, 2.45) is 0 Å². The Kier molecular flexibility index (Phi) is 3.17. The lowest BCUT2D eigenvalue weighted by atomic mass is 9.82. The molecule has 1 aromatic rings. The van der Waals surface area contributed by atoms with Crippen molar-refractivity contribution in [3.05, 3.63) is 35.4 Å². The summed E-state index contributed by atoms with van der Waals surface area (Å²) in [6.45, 7) is 3.02. The maximum absolute atomic E-state index is 5.99. The Balaban J connectivity index is 1.60. The van der Waals surface area contributed by atoms with Crippen LogP contribution in [0.25, 0.3) is 0 Å². The average molecular weight is 231 g/mol. The molecule has 0 heterocycles. The van der Waals surface area contributed by atoms with E-state index in [0.717, 1.165) is 25.6 Å². The smallest absolute Gasteiger partial charge is 0.0971 e. The second kappa shape index (κ2) is 4.79. The van der Waals surface area contributed by atoms with Gasteiger partial charge in [0.15, 0.2) is 0 Å². The van der Waals surface area contributed by atoms with Gasteiger partial charge in [0.05, 0.1) is 12.8 Å². The minimum absolute atomic E-state index is 0.385. The molecule has 2 aliphatic rings. The van der Waals surface area contributed by atoms with Gasteiger partial charge in [-0.1, -0.05) is 31.2 Å². The van der Waals surface area contributed by atoms with Gasteiger partial charge in [-0.25, -0.2) is 0 Å². The molecule has 0 radical (unpaired) electrons. The van der Waals surface area contributed by atoms with Crippen LogP contribution < -0.4 is 5.32 Å². The summed E-state index contributed by atoms with van der Waals surface area (Å²) in [5.74, 6) is 0.529. The van der Waals surface area contributed by atoms with Crippen LogP contribution in [0.3, 0.4) is 0 Å². The number of fused-ring (bicyclic) bond motifs is 1. The Bertz CT molecular complexity index is 386. The summed E-state index contributed by atoms with van der Waals surface area (Å²) < 4.78 is 5.99. The molecule has 92 valence electrons. The van der Waals surface area contributed by atoms with Gasteiger partial charge in [0.25, 0.3) is 0 Å². The highest BCUT2D eigenvalue weighted by Gasteiger charge is 2.27. The lowest BCUT2D eigenvalue weighted by molar-refractivity contribution is 0.0162. The van der Waals surface area contributed by atoms with Crippen molar-refractivity contribution >= 4 is 0 Å². The van der Waals surface area contributed by atoms with Gasteiger partial charge in [0.2, 0.25) is 0 Å². The summed E-state index contributed by atoms with van der Waals surface area (Å²) in [4.78, 5) is 0. The zero-order valence-electron chi connectivity index (χ0n) is 10.5. The predicted molar refractivity (Wildman–Crippen MR) is 69.1 cm³/mol. The van der Waals surface area contributed by atoms with Gasteiger partial charge in [-0.2, -0.15) is 0 Å². The third-order valence-corrected chi connectivity index (χ3v) is 4.05. The van der Waals surface area contributed by atoms with Crippen molar-refractivity contribution in [1.29, 1.82) is 0 Å². The number of nitrogens with one attached hydrogen (secondary N) is 1. The molecule has 2 unspecified atom stereocenters. The summed E-state index contributed by atoms with van der Waals surface area (Å²) in [6, 6.07) is 9.52. The van der Waals surface area contributed by atoms with E-state index in [1.165, 1.54) is 24.0 Å². The third kappa shape index (κ3) is 2.53. The maximum Gasteiger partial charge on any atom is 0.0971 e. The molecule has 2 aliphatic carbocycles. The summed E-state index contributed by atoms with van der Waals surface area (Å²) in [5, 5.41) is 3.43. The van der Waals surface area contributed by atoms with E-state index in [9.17, 15) is 0 Å². The topological polar surface area (TPSA) is 21.3 Å². The molecule has 0 bridgehead atoms. The molecule has 2 atom stereocenters. The molecule has 2 nitrogen and oxygen atoms in total. The minimum atomic E-state index is 0.385. The van der Waals surface area contributed by atoms with Crippen molar-refractivity contribution in [2.75, 3.05) is 6.73 Å². The Morgan fingerprint density at radius 2 is 2.06 bits per heavy atom.